The minimum Gasteiger partial charge on any atom is -0.459 e. The van der Waals surface area contributed by atoms with Crippen molar-refractivity contribution in [3.8, 4) is 27.8 Å². The number of ether oxygens (including phenoxy) is 1. The Morgan fingerprint density at radius 3 is 2.56 bits per heavy atom. The Hall–Kier alpha value is -3.59. The van der Waals surface area contributed by atoms with Gasteiger partial charge in [-0.05, 0) is 48.9 Å². The van der Waals surface area contributed by atoms with E-state index >= 15 is 0 Å². The molecule has 0 aliphatic heterocycles. The van der Waals surface area contributed by atoms with Crippen molar-refractivity contribution in [2.24, 2.45) is 0 Å². The van der Waals surface area contributed by atoms with Gasteiger partial charge in [0.25, 0.3) is 5.91 Å². The number of rotatable bonds is 7. The van der Waals surface area contributed by atoms with Crippen LogP contribution in [-0.2, 0) is 6.54 Å². The lowest BCUT2D eigenvalue weighted by Gasteiger charge is -2.16. The summed E-state index contributed by atoms with van der Waals surface area (Å²) in [5, 5.41) is 7.29. The summed E-state index contributed by atoms with van der Waals surface area (Å²) in [4.78, 5) is 23.1. The summed E-state index contributed by atoms with van der Waals surface area (Å²) in [6.45, 7) is 5.12. The summed E-state index contributed by atoms with van der Waals surface area (Å²) >= 11 is 1.46. The van der Waals surface area contributed by atoms with Crippen molar-refractivity contribution in [2.45, 2.75) is 33.2 Å². The van der Waals surface area contributed by atoms with Crippen molar-refractivity contribution in [3.05, 3.63) is 70.9 Å². The number of aromatic nitrogens is 4. The largest absolute Gasteiger partial charge is 0.459 e. The smallest absolute Gasteiger partial charge is 0.253 e. The molecule has 0 aliphatic carbocycles. The number of alkyl halides is 1. The van der Waals surface area contributed by atoms with E-state index in [0.29, 0.717) is 28.7 Å². The van der Waals surface area contributed by atoms with Gasteiger partial charge in [0.15, 0.2) is 5.01 Å². The number of amides is 1. The monoisotopic (exact) mass is 479 g/mol. The minimum atomic E-state index is -1.74. The van der Waals surface area contributed by atoms with E-state index in [1.54, 1.807) is 41.9 Å². The number of thiazole rings is 1. The average Bonchev–Trinajstić information content (AvgIpc) is 3.40. The first kappa shape index (κ1) is 23.6. The van der Waals surface area contributed by atoms with Gasteiger partial charge < -0.3 is 9.64 Å². The number of aryl methyl sites for hydroxylation is 1. The molecule has 34 heavy (non-hydrogen) atoms. The van der Waals surface area contributed by atoms with Crippen LogP contribution >= 0.6 is 11.3 Å². The van der Waals surface area contributed by atoms with E-state index in [1.165, 1.54) is 25.2 Å². The first-order valence-electron chi connectivity index (χ1n) is 10.8. The number of nitrogens with zero attached hydrogens (tertiary/aromatic N) is 5. The molecule has 176 valence electrons. The highest BCUT2D eigenvalue weighted by molar-refractivity contribution is 7.13. The molecule has 0 aliphatic rings. The van der Waals surface area contributed by atoms with Gasteiger partial charge in [-0.1, -0.05) is 12.1 Å². The molecule has 4 aromatic rings. The zero-order valence-corrected chi connectivity index (χ0v) is 20.6. The lowest BCUT2D eigenvalue weighted by Crippen LogP contribution is -2.21. The van der Waals surface area contributed by atoms with Gasteiger partial charge in [-0.15, -0.1) is 16.4 Å². The molecule has 0 N–H and O–H groups in total. The van der Waals surface area contributed by atoms with Crippen LogP contribution < -0.4 is 4.74 Å². The third-order valence-electron chi connectivity index (χ3n) is 4.98. The third-order valence-corrected chi connectivity index (χ3v) is 5.81. The molecule has 2 heterocycles. The fourth-order valence-electron chi connectivity index (χ4n) is 3.38. The fourth-order valence-corrected chi connectivity index (χ4v) is 4.13. The Balaban J connectivity index is 1.51. The van der Waals surface area contributed by atoms with Crippen molar-refractivity contribution in [1.82, 2.24) is 24.6 Å². The van der Waals surface area contributed by atoms with Crippen LogP contribution in [0.15, 0.2) is 53.9 Å². The summed E-state index contributed by atoms with van der Waals surface area (Å²) in [7, 11) is 3.47. The molecule has 0 unspecified atom stereocenters. The molecular weight excluding hydrogens is 453 g/mol. The maximum absolute atomic E-state index is 13.7. The normalized spacial score (nSPS) is 11.5. The van der Waals surface area contributed by atoms with Gasteiger partial charge >= 0.3 is 0 Å². The Morgan fingerprint density at radius 1 is 1.15 bits per heavy atom. The highest BCUT2D eigenvalue weighted by Gasteiger charge is 2.18. The van der Waals surface area contributed by atoms with Crippen molar-refractivity contribution >= 4 is 17.2 Å². The van der Waals surface area contributed by atoms with E-state index in [4.69, 9.17) is 4.74 Å². The molecule has 2 aromatic carbocycles. The Bertz CT molecular complexity index is 1310. The summed E-state index contributed by atoms with van der Waals surface area (Å²) in [5.74, 6) is -0.0129. The quantitative estimate of drug-likeness (QED) is 0.364. The predicted octanol–water partition coefficient (Wildman–Crippen LogP) is 5.21. The van der Waals surface area contributed by atoms with Crippen molar-refractivity contribution < 1.29 is 13.9 Å². The third kappa shape index (κ3) is 5.48. The van der Waals surface area contributed by atoms with Crippen molar-refractivity contribution in [3.63, 3.8) is 0 Å². The minimum absolute atomic E-state index is 0.0406. The van der Waals surface area contributed by atoms with Gasteiger partial charge in [0.2, 0.25) is 11.7 Å². The SMILES string of the molecule is Cc1nc(-c2nc(-c3ccc(OC(C)(C)F)cc3)cs2)nn1Cc1cccc(C(=O)N(C)C)c1. The highest BCUT2D eigenvalue weighted by Crippen LogP contribution is 2.29. The topological polar surface area (TPSA) is 73.1 Å². The molecule has 9 heteroatoms. The number of carbonyl (C=O) groups is 1. The standard InChI is InChI=1S/C25H26FN5O2S/c1-16-27-22(29-31(16)14-17-7-6-8-19(13-17)24(32)30(4)5)23-28-21(15-34-23)18-9-11-20(12-10-18)33-25(2,3)26/h6-13,15H,14H2,1-5H3. The van der Waals surface area contributed by atoms with E-state index < -0.39 is 5.85 Å². The maximum atomic E-state index is 13.7. The zero-order valence-electron chi connectivity index (χ0n) is 19.7. The fraction of sp³-hybridized carbons (Fsp3) is 0.280. The zero-order chi connectivity index (χ0) is 24.5. The number of carbonyl (C=O) groups excluding carboxylic acids is 1. The second-order valence-corrected chi connectivity index (χ2v) is 9.43. The average molecular weight is 480 g/mol. The predicted molar refractivity (Wildman–Crippen MR) is 131 cm³/mol. The van der Waals surface area contributed by atoms with Crippen LogP contribution in [0, 0.1) is 6.92 Å². The van der Waals surface area contributed by atoms with Gasteiger partial charge in [0, 0.05) is 44.4 Å². The molecule has 0 spiro atoms. The van der Waals surface area contributed by atoms with E-state index in [0.717, 1.165) is 22.6 Å². The van der Waals surface area contributed by atoms with Gasteiger partial charge in [-0.25, -0.2) is 14.6 Å². The molecule has 0 fully saturated rings. The molecule has 0 radical (unpaired) electrons. The summed E-state index contributed by atoms with van der Waals surface area (Å²) in [5.41, 5.74) is 3.28. The Labute approximate surface area is 201 Å². The first-order chi connectivity index (χ1) is 16.1. The maximum Gasteiger partial charge on any atom is 0.253 e. The first-order valence-corrected chi connectivity index (χ1v) is 11.6. The summed E-state index contributed by atoms with van der Waals surface area (Å²) < 4.78 is 20.7. The van der Waals surface area contributed by atoms with Gasteiger partial charge in [-0.2, -0.15) is 4.39 Å². The lowest BCUT2D eigenvalue weighted by molar-refractivity contribution is -0.0257. The summed E-state index contributed by atoms with van der Waals surface area (Å²) in [6.07, 6.45) is 0. The number of halogens is 1. The highest BCUT2D eigenvalue weighted by atomic mass is 32.1. The second-order valence-electron chi connectivity index (χ2n) is 8.57. The number of hydrogen-bond donors (Lipinski definition) is 0. The summed E-state index contributed by atoms with van der Waals surface area (Å²) in [6, 6.07) is 14.7. The van der Waals surface area contributed by atoms with Crippen LogP contribution in [0.25, 0.3) is 22.1 Å². The molecule has 2 aromatic heterocycles. The molecule has 0 bridgehead atoms. The Kier molecular flexibility index (Phi) is 6.47. The molecule has 7 nitrogen and oxygen atoms in total. The molecule has 1 amide bonds. The van der Waals surface area contributed by atoms with Crippen LogP contribution in [0.1, 0.15) is 35.6 Å². The van der Waals surface area contributed by atoms with Crippen LogP contribution in [0.5, 0.6) is 5.75 Å². The van der Waals surface area contributed by atoms with Gasteiger partial charge in [0.1, 0.15) is 11.6 Å². The van der Waals surface area contributed by atoms with E-state index in [2.05, 4.69) is 15.1 Å². The van der Waals surface area contributed by atoms with Crippen LogP contribution in [-0.4, -0.2) is 50.5 Å². The second kappa shape index (κ2) is 9.34. The molecule has 0 saturated heterocycles. The Morgan fingerprint density at radius 2 is 1.88 bits per heavy atom. The molecule has 4 rings (SSSR count). The van der Waals surface area contributed by atoms with Crippen LogP contribution in [0.4, 0.5) is 4.39 Å². The molecule has 0 saturated carbocycles. The molecule has 0 atom stereocenters. The number of hydrogen-bond acceptors (Lipinski definition) is 6. The molecular formula is C25H26FN5O2S. The van der Waals surface area contributed by atoms with Crippen LogP contribution in [0.3, 0.4) is 0 Å². The lowest BCUT2D eigenvalue weighted by atomic mass is 10.1. The van der Waals surface area contributed by atoms with Gasteiger partial charge in [-0.3, -0.25) is 4.79 Å². The van der Waals surface area contributed by atoms with E-state index in [9.17, 15) is 9.18 Å². The van der Waals surface area contributed by atoms with E-state index in [1.807, 2.05) is 42.6 Å². The van der Waals surface area contributed by atoms with Crippen LogP contribution in [0.2, 0.25) is 0 Å². The number of benzene rings is 2. The van der Waals surface area contributed by atoms with E-state index in [-0.39, 0.29) is 5.91 Å². The van der Waals surface area contributed by atoms with Crippen molar-refractivity contribution in [2.75, 3.05) is 14.1 Å². The van der Waals surface area contributed by atoms with Crippen molar-refractivity contribution in [1.29, 1.82) is 0 Å². The van der Waals surface area contributed by atoms with Gasteiger partial charge in [0.05, 0.1) is 12.2 Å².